The van der Waals surface area contributed by atoms with E-state index in [1.54, 1.807) is 0 Å². The molecule has 2 aromatic heterocycles. The Morgan fingerprint density at radius 3 is 1.84 bits per heavy atom. The van der Waals surface area contributed by atoms with E-state index in [1.807, 2.05) is 24.4 Å². The molecule has 32 heavy (non-hydrogen) atoms. The molecular formula is C30H18N2. The largest absolute Gasteiger partial charge is 0.255 e. The second-order valence-corrected chi connectivity index (χ2v) is 8.26. The molecule has 0 aliphatic rings. The Morgan fingerprint density at radius 2 is 1.06 bits per heavy atom. The zero-order valence-electron chi connectivity index (χ0n) is 17.3. The van der Waals surface area contributed by atoms with Gasteiger partial charge in [-0.3, -0.25) is 4.98 Å². The molecule has 0 aliphatic heterocycles. The Balaban J connectivity index is 1.68. The summed E-state index contributed by atoms with van der Waals surface area (Å²) in [5.74, 6) is 0. The number of nitrogens with zero attached hydrogens (tertiary/aromatic N) is 2. The minimum atomic E-state index is 0.892. The lowest BCUT2D eigenvalue weighted by molar-refractivity contribution is 1.28. The molecule has 0 bridgehead atoms. The Morgan fingerprint density at radius 1 is 0.406 bits per heavy atom. The molecule has 0 N–H and O–H groups in total. The van der Waals surface area contributed by atoms with Crippen LogP contribution in [0.2, 0.25) is 0 Å². The van der Waals surface area contributed by atoms with E-state index in [9.17, 15) is 0 Å². The first-order valence-electron chi connectivity index (χ1n) is 10.8. The molecule has 2 nitrogen and oxygen atoms in total. The number of benzene rings is 5. The van der Waals surface area contributed by atoms with Crippen molar-refractivity contribution in [3.63, 3.8) is 0 Å². The van der Waals surface area contributed by atoms with Gasteiger partial charge in [-0.25, -0.2) is 4.98 Å². The van der Waals surface area contributed by atoms with Gasteiger partial charge in [0.2, 0.25) is 0 Å². The van der Waals surface area contributed by atoms with Crippen LogP contribution in [0.25, 0.3) is 65.4 Å². The Kier molecular flexibility index (Phi) is 3.58. The second-order valence-electron chi connectivity index (χ2n) is 8.26. The van der Waals surface area contributed by atoms with Gasteiger partial charge in [0.25, 0.3) is 0 Å². The van der Waals surface area contributed by atoms with Gasteiger partial charge in [-0.15, -0.1) is 0 Å². The van der Waals surface area contributed by atoms with E-state index in [0.29, 0.717) is 0 Å². The van der Waals surface area contributed by atoms with Crippen LogP contribution in [0.3, 0.4) is 0 Å². The number of aromatic nitrogens is 2. The molecule has 0 spiro atoms. The van der Waals surface area contributed by atoms with Gasteiger partial charge < -0.3 is 0 Å². The van der Waals surface area contributed by atoms with Crippen LogP contribution < -0.4 is 0 Å². The van der Waals surface area contributed by atoms with E-state index in [-0.39, 0.29) is 0 Å². The van der Waals surface area contributed by atoms with Crippen molar-refractivity contribution < 1.29 is 0 Å². The van der Waals surface area contributed by atoms with Gasteiger partial charge in [-0.05, 0) is 73.4 Å². The Labute approximate surface area is 184 Å². The number of rotatable bonds is 1. The third kappa shape index (κ3) is 2.47. The van der Waals surface area contributed by atoms with Gasteiger partial charge in [-0.2, -0.15) is 0 Å². The predicted octanol–water partition coefficient (Wildman–Crippen LogP) is 7.91. The maximum absolute atomic E-state index is 4.98. The van der Waals surface area contributed by atoms with Crippen LogP contribution in [0.4, 0.5) is 0 Å². The molecule has 2 heterocycles. The summed E-state index contributed by atoms with van der Waals surface area (Å²) in [5, 5.41) is 11.4. The van der Waals surface area contributed by atoms with Crippen molar-refractivity contribution in [1.29, 1.82) is 0 Å². The molecule has 148 valence electrons. The number of hydrogen-bond acceptors (Lipinski definition) is 2. The van der Waals surface area contributed by atoms with E-state index < -0.39 is 0 Å². The van der Waals surface area contributed by atoms with Crippen molar-refractivity contribution in [2.24, 2.45) is 0 Å². The van der Waals surface area contributed by atoms with Crippen molar-refractivity contribution in [1.82, 2.24) is 9.97 Å². The van der Waals surface area contributed by atoms with Crippen molar-refractivity contribution in [3.05, 3.63) is 109 Å². The summed E-state index contributed by atoms with van der Waals surface area (Å²) in [6.07, 6.45) is 1.81. The minimum absolute atomic E-state index is 0.892. The molecule has 0 amide bonds. The number of fused-ring (bicyclic) bond motifs is 9. The fourth-order valence-electron chi connectivity index (χ4n) is 5.00. The fourth-order valence-corrected chi connectivity index (χ4v) is 5.00. The van der Waals surface area contributed by atoms with E-state index in [2.05, 4.69) is 89.9 Å². The molecular weight excluding hydrogens is 388 g/mol. The third-order valence-electron chi connectivity index (χ3n) is 6.47. The molecule has 7 aromatic rings. The topological polar surface area (TPSA) is 25.8 Å². The molecule has 0 saturated heterocycles. The van der Waals surface area contributed by atoms with Crippen molar-refractivity contribution in [2.45, 2.75) is 0 Å². The highest BCUT2D eigenvalue weighted by Crippen LogP contribution is 2.39. The first-order chi connectivity index (χ1) is 15.9. The van der Waals surface area contributed by atoms with Crippen molar-refractivity contribution in [3.8, 4) is 11.4 Å². The van der Waals surface area contributed by atoms with Gasteiger partial charge in [0.15, 0.2) is 0 Å². The quantitative estimate of drug-likeness (QED) is 0.259. The van der Waals surface area contributed by atoms with E-state index in [0.717, 1.165) is 16.9 Å². The van der Waals surface area contributed by atoms with Crippen LogP contribution in [-0.2, 0) is 0 Å². The predicted molar refractivity (Wildman–Crippen MR) is 135 cm³/mol. The van der Waals surface area contributed by atoms with E-state index in [1.165, 1.54) is 48.5 Å². The lowest BCUT2D eigenvalue weighted by Gasteiger charge is -2.13. The molecule has 0 atom stereocenters. The van der Waals surface area contributed by atoms with Gasteiger partial charge >= 0.3 is 0 Å². The summed E-state index contributed by atoms with van der Waals surface area (Å²) in [6, 6.07) is 36.6. The summed E-state index contributed by atoms with van der Waals surface area (Å²) < 4.78 is 0. The van der Waals surface area contributed by atoms with Gasteiger partial charge in [0.05, 0.1) is 16.9 Å². The Hall–Kier alpha value is -4.30. The average Bonchev–Trinajstić information content (AvgIpc) is 2.87. The Bertz CT molecular complexity index is 1810. The fraction of sp³-hybridized carbons (Fsp3) is 0. The monoisotopic (exact) mass is 406 g/mol. The molecule has 2 heteroatoms. The zero-order valence-corrected chi connectivity index (χ0v) is 17.3. The van der Waals surface area contributed by atoms with Gasteiger partial charge in [0, 0.05) is 11.6 Å². The molecule has 0 unspecified atom stereocenters. The first kappa shape index (κ1) is 17.4. The molecule has 0 radical (unpaired) electrons. The van der Waals surface area contributed by atoms with Gasteiger partial charge in [0.1, 0.15) is 0 Å². The highest BCUT2D eigenvalue weighted by Gasteiger charge is 2.12. The minimum Gasteiger partial charge on any atom is -0.255 e. The van der Waals surface area contributed by atoms with Crippen molar-refractivity contribution >= 4 is 54.0 Å². The maximum Gasteiger partial charge on any atom is 0.0893 e. The highest BCUT2D eigenvalue weighted by molar-refractivity contribution is 6.31. The molecule has 0 fully saturated rings. The summed E-state index contributed by atoms with van der Waals surface area (Å²) in [4.78, 5) is 9.46. The number of hydrogen-bond donors (Lipinski definition) is 0. The van der Waals surface area contributed by atoms with Gasteiger partial charge in [-0.1, -0.05) is 72.8 Å². The highest BCUT2D eigenvalue weighted by atomic mass is 14.8. The summed E-state index contributed by atoms with van der Waals surface area (Å²) >= 11 is 0. The molecule has 0 saturated carbocycles. The van der Waals surface area contributed by atoms with Crippen LogP contribution in [-0.4, -0.2) is 9.97 Å². The van der Waals surface area contributed by atoms with E-state index in [4.69, 9.17) is 4.98 Å². The standard InChI is InChI=1S/C30H18N2/c1-2-6-23-19(5-1)8-9-20-10-12-22-13-11-21-14-16-25-24(29(21)30(22)28(20)23)15-17-27(32-25)26-7-3-4-18-31-26/h1-18H. The second kappa shape index (κ2) is 6.60. The van der Waals surface area contributed by atoms with Crippen molar-refractivity contribution in [2.75, 3.05) is 0 Å². The van der Waals surface area contributed by atoms with Crippen LogP contribution in [0.1, 0.15) is 0 Å². The average molecular weight is 406 g/mol. The first-order valence-corrected chi connectivity index (χ1v) is 10.8. The lowest BCUT2D eigenvalue weighted by Crippen LogP contribution is -1.90. The van der Waals surface area contributed by atoms with Crippen LogP contribution in [0.5, 0.6) is 0 Å². The van der Waals surface area contributed by atoms with Crippen LogP contribution in [0, 0.1) is 0 Å². The smallest absolute Gasteiger partial charge is 0.0893 e. The SMILES string of the molecule is c1ccc(-c2ccc3c(ccc4ccc5ccc6ccc7ccccc7c6c5c43)n2)nc1. The normalized spacial score (nSPS) is 11.8. The molecule has 0 aliphatic carbocycles. The van der Waals surface area contributed by atoms with E-state index >= 15 is 0 Å². The maximum atomic E-state index is 4.98. The number of pyridine rings is 2. The van der Waals surface area contributed by atoms with Crippen LogP contribution in [0.15, 0.2) is 109 Å². The summed E-state index contributed by atoms with van der Waals surface area (Å²) in [6.45, 7) is 0. The lowest BCUT2D eigenvalue weighted by atomic mass is 9.91. The molecule has 7 rings (SSSR count). The molecule has 5 aromatic carbocycles. The van der Waals surface area contributed by atoms with Crippen LogP contribution >= 0.6 is 0 Å². The summed E-state index contributed by atoms with van der Waals surface area (Å²) in [7, 11) is 0. The summed E-state index contributed by atoms with van der Waals surface area (Å²) in [5.41, 5.74) is 2.78. The zero-order chi connectivity index (χ0) is 21.1. The third-order valence-corrected chi connectivity index (χ3v) is 6.47.